The van der Waals surface area contributed by atoms with Gasteiger partial charge in [0.25, 0.3) is 0 Å². The maximum Gasteiger partial charge on any atom is 0.308 e. The van der Waals surface area contributed by atoms with Gasteiger partial charge in [0.05, 0.1) is 12.1 Å². The maximum absolute atomic E-state index is 11.8. The quantitative estimate of drug-likeness (QED) is 0.788. The van der Waals surface area contributed by atoms with E-state index in [1.807, 2.05) is 0 Å². The van der Waals surface area contributed by atoms with Gasteiger partial charge in [-0.3, -0.25) is 9.59 Å². The van der Waals surface area contributed by atoms with Gasteiger partial charge in [0, 0.05) is 12.2 Å². The summed E-state index contributed by atoms with van der Waals surface area (Å²) in [7, 11) is 0. The predicted octanol–water partition coefficient (Wildman–Crippen LogP) is 0.0377. The van der Waals surface area contributed by atoms with E-state index in [0.717, 1.165) is 19.3 Å². The molecule has 0 saturated heterocycles. The molecule has 2 rings (SSSR count). The van der Waals surface area contributed by atoms with Crippen LogP contribution in [0.4, 0.5) is 0 Å². The highest BCUT2D eigenvalue weighted by atomic mass is 16.4. The Bertz CT molecular complexity index is 418. The second kappa shape index (κ2) is 5.61. The Morgan fingerprint density at radius 1 is 1.39 bits per heavy atom. The minimum Gasteiger partial charge on any atom is -0.481 e. The third-order valence-corrected chi connectivity index (χ3v) is 3.21. The van der Waals surface area contributed by atoms with Crippen LogP contribution in [0.15, 0.2) is 12.4 Å². The SMILES string of the molecule is O=C(Cn1ccnn1)NC1CCCCC1C(=O)O. The molecule has 1 aromatic rings. The van der Waals surface area contributed by atoms with Crippen molar-refractivity contribution in [2.45, 2.75) is 38.3 Å². The number of carboxylic acids is 1. The Hall–Kier alpha value is -1.92. The zero-order chi connectivity index (χ0) is 13.0. The number of hydrogen-bond donors (Lipinski definition) is 2. The fourth-order valence-electron chi connectivity index (χ4n) is 2.32. The first-order valence-electron chi connectivity index (χ1n) is 6.03. The number of carbonyl (C=O) groups excluding carboxylic acids is 1. The summed E-state index contributed by atoms with van der Waals surface area (Å²) in [5.74, 6) is -1.53. The van der Waals surface area contributed by atoms with E-state index < -0.39 is 11.9 Å². The van der Waals surface area contributed by atoms with Gasteiger partial charge in [-0.2, -0.15) is 0 Å². The molecule has 7 heteroatoms. The molecule has 2 atom stereocenters. The number of nitrogens with zero attached hydrogens (tertiary/aromatic N) is 3. The molecule has 0 aromatic carbocycles. The van der Waals surface area contributed by atoms with Crippen molar-refractivity contribution in [1.82, 2.24) is 20.3 Å². The summed E-state index contributed by atoms with van der Waals surface area (Å²) in [6, 6.07) is -0.271. The second-order valence-corrected chi connectivity index (χ2v) is 4.50. The van der Waals surface area contributed by atoms with Crippen molar-refractivity contribution >= 4 is 11.9 Å². The molecule has 1 aromatic heterocycles. The van der Waals surface area contributed by atoms with E-state index in [4.69, 9.17) is 5.11 Å². The van der Waals surface area contributed by atoms with Crippen molar-refractivity contribution in [3.63, 3.8) is 0 Å². The molecule has 0 radical (unpaired) electrons. The van der Waals surface area contributed by atoms with Gasteiger partial charge in [-0.1, -0.05) is 18.1 Å². The van der Waals surface area contributed by atoms with Crippen LogP contribution in [-0.4, -0.2) is 38.0 Å². The summed E-state index contributed by atoms with van der Waals surface area (Å²) in [5, 5.41) is 19.2. The zero-order valence-electron chi connectivity index (χ0n) is 9.95. The molecule has 2 N–H and O–H groups in total. The standard InChI is InChI=1S/C11H16N4O3/c16-10(7-15-6-5-12-14-15)13-9-4-2-1-3-8(9)11(17)18/h5-6,8-9H,1-4,7H2,(H,13,16)(H,17,18). The Balaban J connectivity index is 1.90. The lowest BCUT2D eigenvalue weighted by Gasteiger charge is -2.29. The molecule has 1 aliphatic rings. The fraction of sp³-hybridized carbons (Fsp3) is 0.636. The van der Waals surface area contributed by atoms with Crippen molar-refractivity contribution in [1.29, 1.82) is 0 Å². The number of nitrogens with one attached hydrogen (secondary N) is 1. The summed E-state index contributed by atoms with van der Waals surface area (Å²) in [6.07, 6.45) is 6.30. The maximum atomic E-state index is 11.8. The summed E-state index contributed by atoms with van der Waals surface area (Å²) in [5.41, 5.74) is 0. The average Bonchev–Trinajstić information content (AvgIpc) is 2.82. The Morgan fingerprint density at radius 2 is 2.17 bits per heavy atom. The molecule has 0 aliphatic heterocycles. The molecule has 1 amide bonds. The minimum absolute atomic E-state index is 0.0723. The van der Waals surface area contributed by atoms with Gasteiger partial charge >= 0.3 is 5.97 Å². The van der Waals surface area contributed by atoms with Crippen LogP contribution in [0.5, 0.6) is 0 Å². The highest BCUT2D eigenvalue weighted by Gasteiger charge is 2.31. The highest BCUT2D eigenvalue weighted by molar-refractivity contribution is 5.78. The van der Waals surface area contributed by atoms with Crippen molar-refractivity contribution in [2.24, 2.45) is 5.92 Å². The number of aliphatic carboxylic acids is 1. The first-order valence-corrected chi connectivity index (χ1v) is 6.03. The lowest BCUT2D eigenvalue weighted by molar-refractivity contribution is -0.144. The van der Waals surface area contributed by atoms with Crippen LogP contribution >= 0.6 is 0 Å². The monoisotopic (exact) mass is 252 g/mol. The van der Waals surface area contributed by atoms with E-state index >= 15 is 0 Å². The van der Waals surface area contributed by atoms with Crippen molar-refractivity contribution in [3.8, 4) is 0 Å². The Kier molecular flexibility index (Phi) is 3.91. The number of amides is 1. The van der Waals surface area contributed by atoms with Gasteiger partial charge in [-0.05, 0) is 12.8 Å². The molecule has 98 valence electrons. The second-order valence-electron chi connectivity index (χ2n) is 4.50. The third kappa shape index (κ3) is 3.06. The normalized spacial score (nSPS) is 23.6. The van der Waals surface area contributed by atoms with E-state index in [1.54, 1.807) is 6.20 Å². The van der Waals surface area contributed by atoms with Gasteiger partial charge in [-0.15, -0.1) is 5.10 Å². The first-order chi connectivity index (χ1) is 8.66. The molecule has 0 spiro atoms. The number of carboxylic acid groups (broad SMARTS) is 1. The van der Waals surface area contributed by atoms with Gasteiger partial charge in [0.1, 0.15) is 6.54 Å². The Labute approximate surface area is 104 Å². The molecular weight excluding hydrogens is 236 g/mol. The molecule has 0 bridgehead atoms. The Morgan fingerprint density at radius 3 is 2.83 bits per heavy atom. The summed E-state index contributed by atoms with van der Waals surface area (Å²) < 4.78 is 1.41. The van der Waals surface area contributed by atoms with Gasteiger partial charge in [0.15, 0.2) is 0 Å². The molecule has 1 fully saturated rings. The topological polar surface area (TPSA) is 97.1 Å². The van der Waals surface area contributed by atoms with E-state index in [1.165, 1.54) is 10.9 Å². The first kappa shape index (κ1) is 12.5. The van der Waals surface area contributed by atoms with Crippen LogP contribution in [0.1, 0.15) is 25.7 Å². The average molecular weight is 252 g/mol. The zero-order valence-corrected chi connectivity index (χ0v) is 9.95. The van der Waals surface area contributed by atoms with Crippen LogP contribution in [0.3, 0.4) is 0 Å². The molecular formula is C11H16N4O3. The minimum atomic E-state index is -0.833. The van der Waals surface area contributed by atoms with Crippen molar-refractivity contribution in [2.75, 3.05) is 0 Å². The van der Waals surface area contributed by atoms with Gasteiger partial charge < -0.3 is 10.4 Å². The summed E-state index contributed by atoms with van der Waals surface area (Å²) >= 11 is 0. The largest absolute Gasteiger partial charge is 0.481 e. The number of carbonyl (C=O) groups is 2. The van der Waals surface area contributed by atoms with Gasteiger partial charge in [0.2, 0.25) is 5.91 Å². The molecule has 1 aliphatic carbocycles. The number of hydrogen-bond acceptors (Lipinski definition) is 4. The number of aromatic nitrogens is 3. The van der Waals surface area contributed by atoms with Crippen LogP contribution in [0.2, 0.25) is 0 Å². The summed E-state index contributed by atoms with van der Waals surface area (Å²) in [4.78, 5) is 22.8. The van der Waals surface area contributed by atoms with Crippen LogP contribution in [-0.2, 0) is 16.1 Å². The smallest absolute Gasteiger partial charge is 0.308 e. The van der Waals surface area contributed by atoms with E-state index in [2.05, 4.69) is 15.6 Å². The molecule has 18 heavy (non-hydrogen) atoms. The van der Waals surface area contributed by atoms with E-state index in [0.29, 0.717) is 6.42 Å². The molecule has 1 heterocycles. The molecule has 1 saturated carbocycles. The third-order valence-electron chi connectivity index (χ3n) is 3.21. The highest BCUT2D eigenvalue weighted by Crippen LogP contribution is 2.24. The van der Waals surface area contributed by atoms with Gasteiger partial charge in [-0.25, -0.2) is 4.68 Å². The number of rotatable bonds is 4. The predicted molar refractivity (Wildman–Crippen MR) is 61.5 cm³/mol. The van der Waals surface area contributed by atoms with E-state index in [-0.39, 0.29) is 18.5 Å². The van der Waals surface area contributed by atoms with Crippen LogP contribution in [0, 0.1) is 5.92 Å². The summed E-state index contributed by atoms with van der Waals surface area (Å²) in [6.45, 7) is 0.0723. The lowest BCUT2D eigenvalue weighted by Crippen LogP contribution is -2.46. The van der Waals surface area contributed by atoms with E-state index in [9.17, 15) is 9.59 Å². The lowest BCUT2D eigenvalue weighted by atomic mass is 9.84. The fourth-order valence-corrected chi connectivity index (χ4v) is 2.32. The van der Waals surface area contributed by atoms with Crippen molar-refractivity contribution < 1.29 is 14.7 Å². The van der Waals surface area contributed by atoms with Crippen LogP contribution in [0.25, 0.3) is 0 Å². The van der Waals surface area contributed by atoms with Crippen LogP contribution < -0.4 is 5.32 Å². The molecule has 2 unspecified atom stereocenters. The van der Waals surface area contributed by atoms with Crippen molar-refractivity contribution in [3.05, 3.63) is 12.4 Å². The molecule has 7 nitrogen and oxygen atoms in total.